The van der Waals surface area contributed by atoms with Crippen molar-refractivity contribution in [2.75, 3.05) is 0 Å². The Bertz CT molecular complexity index is 594. The van der Waals surface area contributed by atoms with Crippen LogP contribution in [0.2, 0.25) is 0 Å². The molecule has 6 nitrogen and oxygen atoms in total. The van der Waals surface area contributed by atoms with Gasteiger partial charge in [0.05, 0.1) is 0 Å². The number of carbonyl (C=O) groups is 1. The maximum Gasteiger partial charge on any atom is 0.303 e. The number of aromatic nitrogens is 4. The third-order valence-corrected chi connectivity index (χ3v) is 3.06. The van der Waals surface area contributed by atoms with Crippen molar-refractivity contribution in [1.29, 1.82) is 0 Å². The molecule has 6 heteroatoms. The van der Waals surface area contributed by atoms with Crippen molar-refractivity contribution in [2.24, 2.45) is 5.92 Å². The van der Waals surface area contributed by atoms with Crippen molar-refractivity contribution >= 4 is 5.97 Å². The fourth-order valence-corrected chi connectivity index (χ4v) is 2.15. The number of hydrogen-bond acceptors (Lipinski definition) is 4. The smallest absolute Gasteiger partial charge is 0.303 e. The minimum atomic E-state index is -0.800. The van der Waals surface area contributed by atoms with Gasteiger partial charge in [-0.05, 0) is 28.8 Å². The second-order valence-corrected chi connectivity index (χ2v) is 5.15. The molecule has 20 heavy (non-hydrogen) atoms. The zero-order valence-electron chi connectivity index (χ0n) is 11.7. The Balaban J connectivity index is 2.07. The van der Waals surface area contributed by atoms with Crippen LogP contribution in [0.25, 0.3) is 0 Å². The third-order valence-electron chi connectivity index (χ3n) is 3.06. The van der Waals surface area contributed by atoms with Crippen molar-refractivity contribution in [3.05, 3.63) is 41.2 Å². The van der Waals surface area contributed by atoms with Crippen LogP contribution < -0.4 is 0 Å². The Hall–Kier alpha value is -2.24. The van der Waals surface area contributed by atoms with Gasteiger partial charge < -0.3 is 5.11 Å². The highest BCUT2D eigenvalue weighted by Crippen LogP contribution is 2.11. The molecule has 1 atom stereocenters. The van der Waals surface area contributed by atoms with Crippen LogP contribution in [0.4, 0.5) is 0 Å². The molecule has 0 fully saturated rings. The lowest BCUT2D eigenvalue weighted by Gasteiger charge is -2.10. The van der Waals surface area contributed by atoms with Crippen LogP contribution >= 0.6 is 0 Å². The van der Waals surface area contributed by atoms with Crippen LogP contribution in [0.15, 0.2) is 24.3 Å². The fraction of sp³-hybridized carbons (Fsp3) is 0.429. The molecule has 0 bridgehead atoms. The van der Waals surface area contributed by atoms with Gasteiger partial charge in [0.25, 0.3) is 0 Å². The Morgan fingerprint density at radius 3 is 2.95 bits per heavy atom. The van der Waals surface area contributed by atoms with Crippen LogP contribution in [0.3, 0.4) is 0 Å². The Morgan fingerprint density at radius 2 is 2.25 bits per heavy atom. The average Bonchev–Trinajstić information content (AvgIpc) is 2.75. The first-order chi connectivity index (χ1) is 9.54. The quantitative estimate of drug-likeness (QED) is 0.866. The molecule has 1 aromatic heterocycles. The highest BCUT2D eigenvalue weighted by molar-refractivity contribution is 5.66. The van der Waals surface area contributed by atoms with E-state index >= 15 is 0 Å². The normalized spacial score (nSPS) is 12.3. The van der Waals surface area contributed by atoms with Crippen molar-refractivity contribution in [3.8, 4) is 0 Å². The molecule has 0 aliphatic carbocycles. The van der Waals surface area contributed by atoms with Gasteiger partial charge >= 0.3 is 5.97 Å². The molecule has 0 spiro atoms. The second kappa shape index (κ2) is 6.27. The molecule has 1 heterocycles. The Kier molecular flexibility index (Phi) is 4.45. The summed E-state index contributed by atoms with van der Waals surface area (Å²) in [7, 11) is 0. The summed E-state index contributed by atoms with van der Waals surface area (Å²) < 4.78 is 1.69. The second-order valence-electron chi connectivity index (χ2n) is 5.15. The maximum atomic E-state index is 10.7. The summed E-state index contributed by atoms with van der Waals surface area (Å²) in [5.41, 5.74) is 2.34. The van der Waals surface area contributed by atoms with Crippen LogP contribution in [0.5, 0.6) is 0 Å². The number of aryl methyl sites for hydroxylation is 1. The SMILES string of the molecule is Cc1cccc(Cc2nnnn2CC(C)CC(=O)O)c1. The van der Waals surface area contributed by atoms with Crippen molar-refractivity contribution in [3.63, 3.8) is 0 Å². The standard InChI is InChI=1S/C14H18N4O2/c1-10-4-3-5-12(6-10)8-13-15-16-17-18(13)9-11(2)7-14(19)20/h3-6,11H,7-9H2,1-2H3,(H,19,20). The number of nitrogens with zero attached hydrogens (tertiary/aromatic N) is 4. The molecule has 1 unspecified atom stereocenters. The lowest BCUT2D eigenvalue weighted by atomic mass is 10.1. The van der Waals surface area contributed by atoms with Crippen molar-refractivity contribution in [1.82, 2.24) is 20.2 Å². The predicted molar refractivity (Wildman–Crippen MR) is 73.2 cm³/mol. The minimum Gasteiger partial charge on any atom is -0.481 e. The van der Waals surface area contributed by atoms with Crippen molar-refractivity contribution in [2.45, 2.75) is 33.2 Å². The molecule has 2 aromatic rings. The molecule has 1 N–H and O–H groups in total. The van der Waals surface area contributed by atoms with Gasteiger partial charge in [0.2, 0.25) is 0 Å². The first-order valence-electron chi connectivity index (χ1n) is 6.57. The molecule has 1 aromatic carbocycles. The minimum absolute atomic E-state index is 0.00717. The van der Waals surface area contributed by atoms with Crippen molar-refractivity contribution < 1.29 is 9.90 Å². The highest BCUT2D eigenvalue weighted by Gasteiger charge is 2.13. The van der Waals surface area contributed by atoms with E-state index in [1.165, 1.54) is 5.56 Å². The summed E-state index contributed by atoms with van der Waals surface area (Å²) in [6.45, 7) is 4.44. The summed E-state index contributed by atoms with van der Waals surface area (Å²) in [6, 6.07) is 8.18. The molecule has 0 saturated heterocycles. The number of tetrazole rings is 1. The van der Waals surface area contributed by atoms with E-state index < -0.39 is 5.97 Å². The molecule has 2 rings (SSSR count). The van der Waals surface area contributed by atoms with Crippen LogP contribution in [-0.4, -0.2) is 31.3 Å². The van der Waals surface area contributed by atoms with E-state index in [9.17, 15) is 4.79 Å². The molecular weight excluding hydrogens is 256 g/mol. The van der Waals surface area contributed by atoms with E-state index in [2.05, 4.69) is 21.6 Å². The highest BCUT2D eigenvalue weighted by atomic mass is 16.4. The van der Waals surface area contributed by atoms with E-state index in [1.54, 1.807) is 4.68 Å². The topological polar surface area (TPSA) is 80.9 Å². The Labute approximate surface area is 117 Å². The number of rotatable bonds is 6. The van der Waals surface area contributed by atoms with E-state index in [0.29, 0.717) is 13.0 Å². The molecule has 0 radical (unpaired) electrons. The Morgan fingerprint density at radius 1 is 1.45 bits per heavy atom. The zero-order chi connectivity index (χ0) is 14.5. The van der Waals surface area contributed by atoms with Gasteiger partial charge in [-0.2, -0.15) is 0 Å². The average molecular weight is 274 g/mol. The first kappa shape index (κ1) is 14.2. The zero-order valence-corrected chi connectivity index (χ0v) is 11.7. The maximum absolute atomic E-state index is 10.7. The summed E-state index contributed by atoms with van der Waals surface area (Å²) in [4.78, 5) is 10.7. The van der Waals surface area contributed by atoms with Gasteiger partial charge in [-0.25, -0.2) is 4.68 Å². The van der Waals surface area contributed by atoms with E-state index in [4.69, 9.17) is 5.11 Å². The van der Waals surface area contributed by atoms with Gasteiger partial charge in [-0.1, -0.05) is 36.8 Å². The lowest BCUT2D eigenvalue weighted by molar-refractivity contribution is -0.138. The largest absolute Gasteiger partial charge is 0.481 e. The molecule has 106 valence electrons. The van der Waals surface area contributed by atoms with E-state index in [1.807, 2.05) is 32.0 Å². The lowest BCUT2D eigenvalue weighted by Crippen LogP contribution is -2.15. The first-order valence-corrected chi connectivity index (χ1v) is 6.57. The summed E-state index contributed by atoms with van der Waals surface area (Å²) in [6.07, 6.45) is 0.762. The molecular formula is C14H18N4O2. The van der Waals surface area contributed by atoms with Gasteiger partial charge in [0.1, 0.15) is 0 Å². The van der Waals surface area contributed by atoms with Crippen LogP contribution in [-0.2, 0) is 17.8 Å². The van der Waals surface area contributed by atoms with E-state index in [0.717, 1.165) is 11.4 Å². The predicted octanol–water partition coefficient (Wildman–Crippen LogP) is 1.68. The summed E-state index contributed by atoms with van der Waals surface area (Å²) in [5.74, 6) is -0.0501. The number of carboxylic acid groups (broad SMARTS) is 1. The molecule has 0 aliphatic rings. The number of hydrogen-bond donors (Lipinski definition) is 1. The van der Waals surface area contributed by atoms with Gasteiger partial charge in [0.15, 0.2) is 5.82 Å². The fourth-order valence-electron chi connectivity index (χ4n) is 2.15. The van der Waals surface area contributed by atoms with Crippen LogP contribution in [0, 0.1) is 12.8 Å². The number of aliphatic carboxylic acids is 1. The van der Waals surface area contributed by atoms with Gasteiger partial charge in [-0.3, -0.25) is 4.79 Å². The molecule has 0 saturated carbocycles. The summed E-state index contributed by atoms with van der Waals surface area (Å²) in [5, 5.41) is 20.4. The van der Waals surface area contributed by atoms with Gasteiger partial charge in [-0.15, -0.1) is 5.10 Å². The number of carboxylic acids is 1. The molecule has 0 amide bonds. The summed E-state index contributed by atoms with van der Waals surface area (Å²) >= 11 is 0. The molecule has 0 aliphatic heterocycles. The monoisotopic (exact) mass is 274 g/mol. The van der Waals surface area contributed by atoms with E-state index in [-0.39, 0.29) is 12.3 Å². The third kappa shape index (κ3) is 3.88. The number of benzene rings is 1. The van der Waals surface area contributed by atoms with Gasteiger partial charge in [0, 0.05) is 19.4 Å². The van der Waals surface area contributed by atoms with Crippen LogP contribution in [0.1, 0.15) is 30.3 Å².